The molecule has 0 aromatic heterocycles. The van der Waals surface area contributed by atoms with Gasteiger partial charge in [0.05, 0.1) is 39.9 Å². The summed E-state index contributed by atoms with van der Waals surface area (Å²) in [4.78, 5) is 23.1. The normalized spacial score (nSPS) is 14.3. The number of quaternary nitrogens is 1. The van der Waals surface area contributed by atoms with Crippen LogP contribution in [-0.4, -0.2) is 73.4 Å². The number of hydrogen-bond donors (Lipinski definition) is 3. The molecule has 1 amide bonds. The van der Waals surface area contributed by atoms with Crippen molar-refractivity contribution in [3.05, 3.63) is 0 Å². The van der Waals surface area contributed by atoms with Gasteiger partial charge >= 0.3 is 7.82 Å². The number of phosphoric acid groups is 1. The van der Waals surface area contributed by atoms with Crippen LogP contribution in [0.2, 0.25) is 0 Å². The topological polar surface area (TPSA) is 105 Å². The Balaban J connectivity index is 4.18. The first kappa shape index (κ1) is 52.5. The number of aliphatic hydroxyl groups excluding tert-OH is 1. The maximum atomic E-state index is 12.9. The van der Waals surface area contributed by atoms with Gasteiger partial charge in [-0.25, -0.2) is 4.57 Å². The zero-order chi connectivity index (χ0) is 39.3. The van der Waals surface area contributed by atoms with Crippen LogP contribution in [0.5, 0.6) is 0 Å². The molecule has 318 valence electrons. The van der Waals surface area contributed by atoms with Crippen molar-refractivity contribution < 1.29 is 32.9 Å². The third kappa shape index (κ3) is 39.5. The number of amides is 1. The Morgan fingerprint density at radius 3 is 1.26 bits per heavy atom. The third-order valence-corrected chi connectivity index (χ3v) is 11.6. The van der Waals surface area contributed by atoms with Crippen LogP contribution in [0.1, 0.15) is 226 Å². The van der Waals surface area contributed by atoms with Crippen molar-refractivity contribution >= 4 is 13.7 Å². The molecule has 0 aromatic rings. The van der Waals surface area contributed by atoms with E-state index in [2.05, 4.69) is 19.2 Å². The van der Waals surface area contributed by atoms with E-state index >= 15 is 0 Å². The summed E-state index contributed by atoms with van der Waals surface area (Å²) in [6.07, 6.45) is 39.9. The van der Waals surface area contributed by atoms with Gasteiger partial charge in [-0.3, -0.25) is 13.8 Å². The number of carbonyl (C=O) groups excluding carboxylic acids is 1. The van der Waals surface area contributed by atoms with Gasteiger partial charge in [0.15, 0.2) is 0 Å². The second kappa shape index (κ2) is 37.1. The molecule has 0 rings (SSSR count). The molecule has 0 bridgehead atoms. The van der Waals surface area contributed by atoms with Gasteiger partial charge in [0.25, 0.3) is 0 Å². The van der Waals surface area contributed by atoms with Crippen LogP contribution >= 0.6 is 7.82 Å². The average Bonchev–Trinajstić information content (AvgIpc) is 3.10. The number of likely N-dealkylation sites (N-methyl/N-ethyl adjacent to an activating group) is 1. The molecule has 0 saturated carbocycles. The third-order valence-electron chi connectivity index (χ3n) is 10.6. The van der Waals surface area contributed by atoms with Crippen molar-refractivity contribution in [3.8, 4) is 0 Å². The monoisotopic (exact) mass is 776 g/mol. The molecule has 3 unspecified atom stereocenters. The first-order valence-corrected chi connectivity index (χ1v) is 24.4. The number of rotatable bonds is 42. The number of carbonyl (C=O) groups is 1. The van der Waals surface area contributed by atoms with Crippen LogP contribution in [0.15, 0.2) is 0 Å². The van der Waals surface area contributed by atoms with E-state index in [9.17, 15) is 19.4 Å². The number of aliphatic hydroxyl groups is 1. The van der Waals surface area contributed by atoms with Crippen molar-refractivity contribution in [3.63, 3.8) is 0 Å². The summed E-state index contributed by atoms with van der Waals surface area (Å²) >= 11 is 0. The molecule has 0 aliphatic heterocycles. The minimum Gasteiger partial charge on any atom is -0.391 e. The Morgan fingerprint density at radius 2 is 0.906 bits per heavy atom. The lowest BCUT2D eigenvalue weighted by atomic mass is 10.0. The largest absolute Gasteiger partial charge is 0.472 e. The lowest BCUT2D eigenvalue weighted by Crippen LogP contribution is -2.46. The summed E-state index contributed by atoms with van der Waals surface area (Å²) in [6, 6.07) is -0.751. The highest BCUT2D eigenvalue weighted by atomic mass is 31.2. The zero-order valence-electron chi connectivity index (χ0n) is 36.0. The van der Waals surface area contributed by atoms with Crippen LogP contribution in [0.4, 0.5) is 0 Å². The minimum absolute atomic E-state index is 0.0783. The number of nitrogens with one attached hydrogen (secondary N) is 1. The molecule has 53 heavy (non-hydrogen) atoms. The van der Waals surface area contributed by atoms with Crippen LogP contribution in [-0.2, 0) is 18.4 Å². The summed E-state index contributed by atoms with van der Waals surface area (Å²) < 4.78 is 23.6. The standard InChI is InChI=1S/C44H91N2O6P/c1-6-8-10-12-14-16-18-19-20-21-22-23-24-25-26-27-28-30-32-34-36-38-44(48)45-42(41-52-53(49,50)51-40-39-46(3,4)5)43(47)37-35-33-31-29-17-15-13-11-9-7-2/h42-43,47H,6-41H2,1-5H3,(H-,45,48,49,50)/p+1. The molecule has 0 fully saturated rings. The zero-order valence-corrected chi connectivity index (χ0v) is 36.9. The van der Waals surface area contributed by atoms with Crippen molar-refractivity contribution in [1.82, 2.24) is 5.32 Å². The molecule has 3 N–H and O–H groups in total. The Labute approximate surface area is 329 Å². The number of phosphoric ester groups is 1. The SMILES string of the molecule is CCCCCCCCCCCCCCCCCCCCCCCC(=O)NC(COP(=O)(O)OCC[N+](C)(C)C)C(O)CCCCCCCCCCCC. The molecular weight excluding hydrogens is 683 g/mol. The smallest absolute Gasteiger partial charge is 0.391 e. The fraction of sp³-hybridized carbons (Fsp3) is 0.977. The second-order valence-electron chi connectivity index (χ2n) is 17.1. The van der Waals surface area contributed by atoms with Crippen LogP contribution < -0.4 is 5.32 Å². The molecule has 0 aliphatic rings. The predicted molar refractivity (Wildman–Crippen MR) is 226 cm³/mol. The summed E-state index contributed by atoms with van der Waals surface area (Å²) in [7, 11) is 1.63. The molecule has 0 radical (unpaired) electrons. The Hall–Kier alpha value is -0.500. The van der Waals surface area contributed by atoms with Gasteiger partial charge in [-0.2, -0.15) is 0 Å². The second-order valence-corrected chi connectivity index (χ2v) is 18.6. The molecule has 0 spiro atoms. The molecule has 3 atom stereocenters. The predicted octanol–water partition coefficient (Wildman–Crippen LogP) is 12.6. The van der Waals surface area contributed by atoms with E-state index in [1.54, 1.807) is 0 Å². The molecule has 0 aromatic carbocycles. The van der Waals surface area contributed by atoms with Crippen LogP contribution in [0, 0.1) is 0 Å². The van der Waals surface area contributed by atoms with E-state index in [0.717, 1.165) is 38.5 Å². The number of nitrogens with zero attached hydrogens (tertiary/aromatic N) is 1. The van der Waals surface area contributed by atoms with Gasteiger partial charge in [-0.05, 0) is 12.8 Å². The number of hydrogen-bond acceptors (Lipinski definition) is 5. The van der Waals surface area contributed by atoms with Gasteiger partial charge < -0.3 is 19.8 Å². The lowest BCUT2D eigenvalue weighted by molar-refractivity contribution is -0.870. The highest BCUT2D eigenvalue weighted by Gasteiger charge is 2.28. The van der Waals surface area contributed by atoms with Crippen LogP contribution in [0.3, 0.4) is 0 Å². The van der Waals surface area contributed by atoms with Gasteiger partial charge in [-0.1, -0.05) is 206 Å². The Kier molecular flexibility index (Phi) is 36.7. The summed E-state index contributed by atoms with van der Waals surface area (Å²) in [5, 5.41) is 13.9. The van der Waals surface area contributed by atoms with Crippen LogP contribution in [0.25, 0.3) is 0 Å². The average molecular weight is 776 g/mol. The van der Waals surface area contributed by atoms with Gasteiger partial charge in [-0.15, -0.1) is 0 Å². The molecule has 8 nitrogen and oxygen atoms in total. The van der Waals surface area contributed by atoms with E-state index < -0.39 is 20.0 Å². The summed E-state index contributed by atoms with van der Waals surface area (Å²) in [6.45, 7) is 4.89. The van der Waals surface area contributed by atoms with E-state index in [1.807, 2.05) is 21.1 Å². The molecule has 0 heterocycles. The van der Waals surface area contributed by atoms with Crippen molar-refractivity contribution in [1.29, 1.82) is 0 Å². The molecule has 0 aliphatic carbocycles. The lowest BCUT2D eigenvalue weighted by Gasteiger charge is -2.26. The quantitative estimate of drug-likeness (QED) is 0.0324. The Bertz CT molecular complexity index is 839. The highest BCUT2D eigenvalue weighted by molar-refractivity contribution is 7.47. The van der Waals surface area contributed by atoms with E-state index in [4.69, 9.17) is 9.05 Å². The van der Waals surface area contributed by atoms with E-state index in [0.29, 0.717) is 23.9 Å². The highest BCUT2D eigenvalue weighted by Crippen LogP contribution is 2.43. The van der Waals surface area contributed by atoms with Gasteiger partial charge in [0.1, 0.15) is 13.2 Å². The maximum absolute atomic E-state index is 12.9. The molecular formula is C44H92N2O6P+. The number of unbranched alkanes of at least 4 members (excludes halogenated alkanes) is 29. The fourth-order valence-corrected chi connectivity index (χ4v) is 7.67. The fourth-order valence-electron chi connectivity index (χ4n) is 6.93. The van der Waals surface area contributed by atoms with E-state index in [1.165, 1.54) is 161 Å². The van der Waals surface area contributed by atoms with Gasteiger partial charge in [0, 0.05) is 6.42 Å². The van der Waals surface area contributed by atoms with Gasteiger partial charge in [0.2, 0.25) is 5.91 Å². The molecule has 0 saturated heterocycles. The van der Waals surface area contributed by atoms with E-state index in [-0.39, 0.29) is 19.1 Å². The summed E-state index contributed by atoms with van der Waals surface area (Å²) in [5.41, 5.74) is 0. The summed E-state index contributed by atoms with van der Waals surface area (Å²) in [5.74, 6) is -0.141. The van der Waals surface area contributed by atoms with Crippen molar-refractivity contribution in [2.24, 2.45) is 0 Å². The Morgan fingerprint density at radius 1 is 0.566 bits per heavy atom. The molecule has 9 heteroatoms. The van der Waals surface area contributed by atoms with Crippen molar-refractivity contribution in [2.45, 2.75) is 238 Å². The minimum atomic E-state index is -4.30. The maximum Gasteiger partial charge on any atom is 0.472 e. The van der Waals surface area contributed by atoms with Crippen molar-refractivity contribution in [2.75, 3.05) is 40.9 Å². The first-order chi connectivity index (χ1) is 25.5. The first-order valence-electron chi connectivity index (χ1n) is 22.9.